The molecule has 4 aromatic rings. The highest BCUT2D eigenvalue weighted by molar-refractivity contribution is 5.94. The number of hydrogen-bond acceptors (Lipinski definition) is 4. The van der Waals surface area contributed by atoms with E-state index < -0.39 is 5.63 Å². The van der Waals surface area contributed by atoms with E-state index in [2.05, 4.69) is 9.98 Å². The summed E-state index contributed by atoms with van der Waals surface area (Å²) in [4.78, 5) is 19.4. The third kappa shape index (κ3) is 2.28. The molecule has 0 saturated heterocycles. The number of aromatic hydroxyl groups is 1. The number of aromatic nitrogens is 1. The summed E-state index contributed by atoms with van der Waals surface area (Å²) < 4.78 is 5.21. The number of rotatable bonds is 2. The minimum Gasteiger partial charge on any atom is -0.506 e. The second kappa shape index (κ2) is 5.14. The minimum atomic E-state index is -0.620. The molecule has 0 fully saturated rings. The van der Waals surface area contributed by atoms with Crippen LogP contribution in [0.25, 0.3) is 21.9 Å². The fourth-order valence-electron chi connectivity index (χ4n) is 2.52. The summed E-state index contributed by atoms with van der Waals surface area (Å²) in [5.41, 5.74) is 1.39. The zero-order valence-electron chi connectivity index (χ0n) is 12.0. The Morgan fingerprint density at radius 3 is 2.91 bits per heavy atom. The number of fused-ring (bicyclic) bond motifs is 2. The molecule has 112 valence electrons. The Kier molecular flexibility index (Phi) is 2.98. The van der Waals surface area contributed by atoms with Gasteiger partial charge in [-0.1, -0.05) is 18.2 Å². The molecule has 0 spiro atoms. The zero-order valence-corrected chi connectivity index (χ0v) is 12.0. The van der Waals surface area contributed by atoms with Crippen LogP contribution in [0.2, 0.25) is 0 Å². The molecule has 0 radical (unpaired) electrons. The van der Waals surface area contributed by atoms with Crippen LogP contribution in [0.3, 0.4) is 0 Å². The van der Waals surface area contributed by atoms with Crippen molar-refractivity contribution >= 4 is 33.8 Å². The van der Waals surface area contributed by atoms with Crippen molar-refractivity contribution in [3.05, 3.63) is 70.7 Å². The number of aromatic amines is 1. The second-order valence-electron chi connectivity index (χ2n) is 5.16. The summed E-state index contributed by atoms with van der Waals surface area (Å²) in [5.74, 6) is -0.124. The van der Waals surface area contributed by atoms with Gasteiger partial charge in [-0.2, -0.15) is 0 Å². The Hall–Kier alpha value is -3.34. The first-order valence-corrected chi connectivity index (χ1v) is 7.08. The first kappa shape index (κ1) is 13.3. The molecule has 0 aliphatic rings. The maximum Gasteiger partial charge on any atom is 0.348 e. The molecule has 4 rings (SSSR count). The first-order valence-electron chi connectivity index (χ1n) is 7.08. The second-order valence-corrected chi connectivity index (χ2v) is 5.16. The van der Waals surface area contributed by atoms with Crippen LogP contribution in [0.15, 0.2) is 68.9 Å². The van der Waals surface area contributed by atoms with Crippen molar-refractivity contribution in [1.82, 2.24) is 4.98 Å². The SMILES string of the molecule is O=c1oc2ccccc2c(O)c1C=Nc1ccc2cc[nH]c2c1. The average Bonchev–Trinajstić information content (AvgIpc) is 3.02. The van der Waals surface area contributed by atoms with E-state index in [1.54, 1.807) is 24.3 Å². The van der Waals surface area contributed by atoms with E-state index in [1.807, 2.05) is 30.5 Å². The van der Waals surface area contributed by atoms with Crippen LogP contribution in [-0.2, 0) is 0 Å². The molecule has 2 N–H and O–H groups in total. The third-order valence-electron chi connectivity index (χ3n) is 3.70. The van der Waals surface area contributed by atoms with Gasteiger partial charge in [0, 0.05) is 17.9 Å². The normalized spacial score (nSPS) is 11.7. The number of hydrogen-bond donors (Lipinski definition) is 2. The molecule has 2 heterocycles. The first-order chi connectivity index (χ1) is 11.2. The van der Waals surface area contributed by atoms with Crippen molar-refractivity contribution in [3.63, 3.8) is 0 Å². The molecule has 2 aromatic carbocycles. The lowest BCUT2D eigenvalue weighted by Gasteiger charge is -2.02. The van der Waals surface area contributed by atoms with Crippen LogP contribution in [0, 0.1) is 0 Å². The highest BCUT2D eigenvalue weighted by Crippen LogP contribution is 2.26. The maximum atomic E-state index is 12.0. The molecular weight excluding hydrogens is 292 g/mol. The van der Waals surface area contributed by atoms with E-state index in [4.69, 9.17) is 4.42 Å². The fourth-order valence-corrected chi connectivity index (χ4v) is 2.52. The number of nitrogens with one attached hydrogen (secondary N) is 1. The summed E-state index contributed by atoms with van der Waals surface area (Å²) in [6.45, 7) is 0. The van der Waals surface area contributed by atoms with Gasteiger partial charge in [0.05, 0.1) is 11.1 Å². The Morgan fingerprint density at radius 2 is 2.00 bits per heavy atom. The van der Waals surface area contributed by atoms with Gasteiger partial charge in [0.15, 0.2) is 0 Å². The van der Waals surface area contributed by atoms with Gasteiger partial charge in [-0.05, 0) is 35.7 Å². The Morgan fingerprint density at radius 1 is 1.13 bits per heavy atom. The van der Waals surface area contributed by atoms with E-state index in [9.17, 15) is 9.90 Å². The van der Waals surface area contributed by atoms with Gasteiger partial charge in [-0.25, -0.2) is 4.79 Å². The van der Waals surface area contributed by atoms with Crippen molar-refractivity contribution in [2.75, 3.05) is 0 Å². The molecule has 0 amide bonds. The predicted molar refractivity (Wildman–Crippen MR) is 89.7 cm³/mol. The predicted octanol–water partition coefficient (Wildman–Crippen LogP) is 3.73. The van der Waals surface area contributed by atoms with Crippen LogP contribution in [0.4, 0.5) is 5.69 Å². The topological polar surface area (TPSA) is 78.6 Å². The molecular formula is C18H12N2O3. The van der Waals surface area contributed by atoms with Gasteiger partial charge in [0.25, 0.3) is 0 Å². The largest absolute Gasteiger partial charge is 0.506 e. The average molecular weight is 304 g/mol. The van der Waals surface area contributed by atoms with Crippen molar-refractivity contribution in [3.8, 4) is 5.75 Å². The Labute approximate surface area is 130 Å². The summed E-state index contributed by atoms with van der Waals surface area (Å²) >= 11 is 0. The van der Waals surface area contributed by atoms with Crippen molar-refractivity contribution in [2.24, 2.45) is 4.99 Å². The number of nitrogens with zero attached hydrogens (tertiary/aromatic N) is 1. The number of aliphatic imine (C=N–C) groups is 1. The molecule has 0 aliphatic heterocycles. The van der Waals surface area contributed by atoms with E-state index in [0.717, 1.165) is 10.9 Å². The molecule has 2 aromatic heterocycles. The minimum absolute atomic E-state index is 0.0373. The lowest BCUT2D eigenvalue weighted by Crippen LogP contribution is -2.06. The molecule has 0 unspecified atom stereocenters. The van der Waals surface area contributed by atoms with Gasteiger partial charge in [0.1, 0.15) is 16.9 Å². The number of H-pyrrole nitrogens is 1. The molecule has 0 bridgehead atoms. The standard InChI is InChI=1S/C18H12N2O3/c21-17-13-3-1-2-4-16(13)23-18(22)14(17)10-20-12-6-5-11-7-8-19-15(11)9-12/h1-10,19,21H. The lowest BCUT2D eigenvalue weighted by molar-refractivity contribution is 0.466. The summed E-state index contributed by atoms with van der Waals surface area (Å²) in [6.07, 6.45) is 3.18. The maximum absolute atomic E-state index is 12.0. The van der Waals surface area contributed by atoms with Crippen LogP contribution in [0.5, 0.6) is 5.75 Å². The fraction of sp³-hybridized carbons (Fsp3) is 0. The Bertz CT molecular complexity index is 1110. The molecule has 5 nitrogen and oxygen atoms in total. The van der Waals surface area contributed by atoms with Gasteiger partial charge >= 0.3 is 5.63 Å². The number of benzene rings is 2. The van der Waals surface area contributed by atoms with Crippen molar-refractivity contribution in [1.29, 1.82) is 0 Å². The van der Waals surface area contributed by atoms with E-state index in [1.165, 1.54) is 6.21 Å². The van der Waals surface area contributed by atoms with Crippen LogP contribution < -0.4 is 5.63 Å². The molecule has 0 saturated carbocycles. The summed E-state index contributed by atoms with van der Waals surface area (Å²) in [5, 5.41) is 11.9. The quantitative estimate of drug-likeness (QED) is 0.437. The van der Waals surface area contributed by atoms with Gasteiger partial charge in [-0.3, -0.25) is 4.99 Å². The van der Waals surface area contributed by atoms with Gasteiger partial charge in [0.2, 0.25) is 0 Å². The monoisotopic (exact) mass is 304 g/mol. The molecule has 0 atom stereocenters. The van der Waals surface area contributed by atoms with Crippen molar-refractivity contribution in [2.45, 2.75) is 0 Å². The molecule has 0 aliphatic carbocycles. The number of para-hydroxylation sites is 1. The van der Waals surface area contributed by atoms with Gasteiger partial charge < -0.3 is 14.5 Å². The smallest absolute Gasteiger partial charge is 0.348 e. The summed E-state index contributed by atoms with van der Waals surface area (Å²) in [7, 11) is 0. The van der Waals surface area contributed by atoms with Crippen LogP contribution in [0.1, 0.15) is 5.56 Å². The van der Waals surface area contributed by atoms with Crippen molar-refractivity contribution < 1.29 is 9.52 Å². The van der Waals surface area contributed by atoms with E-state index in [-0.39, 0.29) is 11.3 Å². The summed E-state index contributed by atoms with van der Waals surface area (Å²) in [6, 6.07) is 14.4. The molecule has 23 heavy (non-hydrogen) atoms. The zero-order chi connectivity index (χ0) is 15.8. The third-order valence-corrected chi connectivity index (χ3v) is 3.70. The van der Waals surface area contributed by atoms with E-state index in [0.29, 0.717) is 16.7 Å². The molecule has 5 heteroatoms. The highest BCUT2D eigenvalue weighted by Gasteiger charge is 2.11. The van der Waals surface area contributed by atoms with Crippen LogP contribution in [-0.4, -0.2) is 16.3 Å². The van der Waals surface area contributed by atoms with Gasteiger partial charge in [-0.15, -0.1) is 0 Å². The lowest BCUT2D eigenvalue weighted by atomic mass is 10.1. The van der Waals surface area contributed by atoms with Crippen LogP contribution >= 0.6 is 0 Å². The Balaban J connectivity index is 1.81. The highest BCUT2D eigenvalue weighted by atomic mass is 16.4. The van der Waals surface area contributed by atoms with E-state index >= 15 is 0 Å².